The molecular weight excluding hydrogens is 218 g/mol. The number of rotatable bonds is 4. The van der Waals surface area contributed by atoms with Crippen molar-refractivity contribution in [3.63, 3.8) is 0 Å². The zero-order valence-corrected chi connectivity index (χ0v) is 9.46. The Labute approximate surface area is 98.8 Å². The number of ether oxygens (including phenoxy) is 1. The van der Waals surface area contributed by atoms with Crippen LogP contribution in [0.25, 0.3) is 0 Å². The van der Waals surface area contributed by atoms with Gasteiger partial charge in [-0.15, -0.1) is 0 Å². The van der Waals surface area contributed by atoms with Crippen LogP contribution in [0, 0.1) is 0 Å². The van der Waals surface area contributed by atoms with Crippen molar-refractivity contribution in [2.45, 2.75) is 6.54 Å². The van der Waals surface area contributed by atoms with E-state index in [4.69, 9.17) is 10.5 Å². The van der Waals surface area contributed by atoms with Crippen molar-refractivity contribution in [1.82, 2.24) is 9.55 Å². The molecule has 5 heteroatoms. The SMILES string of the molecule is COc1ccc(Cn2ccnc2C(N)=O)cc1. The van der Waals surface area contributed by atoms with Crippen molar-refractivity contribution < 1.29 is 9.53 Å². The van der Waals surface area contributed by atoms with Gasteiger partial charge in [0.15, 0.2) is 5.82 Å². The topological polar surface area (TPSA) is 70.1 Å². The third kappa shape index (κ3) is 2.44. The van der Waals surface area contributed by atoms with E-state index in [1.807, 2.05) is 24.3 Å². The van der Waals surface area contributed by atoms with Gasteiger partial charge in [0, 0.05) is 18.9 Å². The summed E-state index contributed by atoms with van der Waals surface area (Å²) in [7, 11) is 1.62. The summed E-state index contributed by atoms with van der Waals surface area (Å²) < 4.78 is 6.79. The second-order valence-electron chi connectivity index (χ2n) is 3.59. The number of carbonyl (C=O) groups excluding carboxylic acids is 1. The molecule has 1 amide bonds. The number of amides is 1. The molecule has 0 aliphatic carbocycles. The Hall–Kier alpha value is -2.30. The van der Waals surface area contributed by atoms with Crippen LogP contribution in [0.4, 0.5) is 0 Å². The maximum atomic E-state index is 11.1. The van der Waals surface area contributed by atoms with Gasteiger partial charge >= 0.3 is 0 Å². The number of hydrogen-bond acceptors (Lipinski definition) is 3. The second-order valence-corrected chi connectivity index (χ2v) is 3.59. The smallest absolute Gasteiger partial charge is 0.284 e. The fraction of sp³-hybridized carbons (Fsp3) is 0.167. The van der Waals surface area contributed by atoms with Gasteiger partial charge in [0.2, 0.25) is 0 Å². The molecule has 88 valence electrons. The van der Waals surface area contributed by atoms with E-state index in [2.05, 4.69) is 4.98 Å². The first kappa shape index (κ1) is 11.2. The molecule has 0 saturated carbocycles. The van der Waals surface area contributed by atoms with Gasteiger partial charge in [0.1, 0.15) is 5.75 Å². The molecule has 0 bridgehead atoms. The molecular formula is C12H13N3O2. The van der Waals surface area contributed by atoms with Crippen molar-refractivity contribution in [2.24, 2.45) is 5.73 Å². The van der Waals surface area contributed by atoms with Gasteiger partial charge in [0.25, 0.3) is 5.91 Å². The molecule has 1 aromatic carbocycles. The molecule has 2 aromatic rings. The van der Waals surface area contributed by atoms with E-state index in [1.165, 1.54) is 0 Å². The molecule has 0 aliphatic heterocycles. The van der Waals surface area contributed by atoms with E-state index in [-0.39, 0.29) is 5.82 Å². The van der Waals surface area contributed by atoms with Crippen LogP contribution in [0.15, 0.2) is 36.7 Å². The zero-order chi connectivity index (χ0) is 12.3. The number of nitrogens with zero attached hydrogens (tertiary/aromatic N) is 2. The Bertz CT molecular complexity index is 517. The van der Waals surface area contributed by atoms with E-state index in [1.54, 1.807) is 24.1 Å². The second kappa shape index (κ2) is 4.69. The minimum absolute atomic E-state index is 0.265. The van der Waals surface area contributed by atoms with Crippen LogP contribution in [-0.4, -0.2) is 22.6 Å². The highest BCUT2D eigenvalue weighted by Gasteiger charge is 2.08. The molecule has 0 radical (unpaired) electrons. The van der Waals surface area contributed by atoms with Gasteiger partial charge in [0.05, 0.1) is 7.11 Å². The van der Waals surface area contributed by atoms with Crippen molar-refractivity contribution in [3.05, 3.63) is 48.0 Å². The van der Waals surface area contributed by atoms with E-state index in [9.17, 15) is 4.79 Å². The Morgan fingerprint density at radius 1 is 1.41 bits per heavy atom. The molecule has 17 heavy (non-hydrogen) atoms. The Balaban J connectivity index is 2.19. The number of methoxy groups -OCH3 is 1. The van der Waals surface area contributed by atoms with Gasteiger partial charge in [-0.1, -0.05) is 12.1 Å². The Morgan fingerprint density at radius 3 is 2.71 bits per heavy atom. The number of carbonyl (C=O) groups is 1. The van der Waals surface area contributed by atoms with Gasteiger partial charge in [-0.3, -0.25) is 4.79 Å². The highest BCUT2D eigenvalue weighted by Crippen LogP contribution is 2.12. The van der Waals surface area contributed by atoms with E-state index >= 15 is 0 Å². The zero-order valence-electron chi connectivity index (χ0n) is 9.46. The number of aromatic nitrogens is 2. The molecule has 0 aliphatic rings. The Morgan fingerprint density at radius 2 is 2.12 bits per heavy atom. The first-order valence-corrected chi connectivity index (χ1v) is 5.14. The van der Waals surface area contributed by atoms with Crippen molar-refractivity contribution in [1.29, 1.82) is 0 Å². The number of nitrogens with two attached hydrogens (primary N) is 1. The van der Waals surface area contributed by atoms with Gasteiger partial charge in [-0.2, -0.15) is 0 Å². The predicted octanol–water partition coefficient (Wildman–Crippen LogP) is 1.04. The van der Waals surface area contributed by atoms with Crippen LogP contribution in [0.1, 0.15) is 16.2 Å². The number of primary amides is 1. The fourth-order valence-electron chi connectivity index (χ4n) is 1.59. The monoisotopic (exact) mass is 231 g/mol. The van der Waals surface area contributed by atoms with Crippen molar-refractivity contribution in [3.8, 4) is 5.75 Å². The standard InChI is InChI=1S/C12H13N3O2/c1-17-10-4-2-9(3-5-10)8-15-7-6-14-12(15)11(13)16/h2-7H,8H2,1H3,(H2,13,16). The first-order valence-electron chi connectivity index (χ1n) is 5.14. The molecule has 2 rings (SSSR count). The normalized spacial score (nSPS) is 10.2. The van der Waals surface area contributed by atoms with Crippen LogP contribution < -0.4 is 10.5 Å². The van der Waals surface area contributed by atoms with Crippen LogP contribution in [0.5, 0.6) is 5.75 Å². The summed E-state index contributed by atoms with van der Waals surface area (Å²) in [5.41, 5.74) is 6.26. The Kier molecular flexibility index (Phi) is 3.09. The third-order valence-electron chi connectivity index (χ3n) is 2.45. The summed E-state index contributed by atoms with van der Waals surface area (Å²) in [4.78, 5) is 15.0. The molecule has 2 N–H and O–H groups in total. The number of hydrogen-bond donors (Lipinski definition) is 1. The van der Waals surface area contributed by atoms with Crippen molar-refractivity contribution >= 4 is 5.91 Å². The minimum Gasteiger partial charge on any atom is -0.497 e. The highest BCUT2D eigenvalue weighted by molar-refractivity contribution is 5.89. The number of benzene rings is 1. The molecule has 0 fully saturated rings. The lowest BCUT2D eigenvalue weighted by molar-refractivity contribution is 0.0987. The van der Waals surface area contributed by atoms with Gasteiger partial charge in [-0.05, 0) is 17.7 Å². The first-order chi connectivity index (χ1) is 8.20. The molecule has 1 heterocycles. The third-order valence-corrected chi connectivity index (χ3v) is 2.45. The fourth-order valence-corrected chi connectivity index (χ4v) is 1.59. The minimum atomic E-state index is -0.525. The average Bonchev–Trinajstić information content (AvgIpc) is 2.78. The van der Waals surface area contributed by atoms with Crippen LogP contribution in [0.3, 0.4) is 0 Å². The lowest BCUT2D eigenvalue weighted by atomic mass is 10.2. The average molecular weight is 231 g/mol. The van der Waals surface area contributed by atoms with Gasteiger partial charge in [-0.25, -0.2) is 4.98 Å². The van der Waals surface area contributed by atoms with Crippen LogP contribution in [-0.2, 0) is 6.54 Å². The van der Waals surface area contributed by atoms with Crippen LogP contribution >= 0.6 is 0 Å². The summed E-state index contributed by atoms with van der Waals surface area (Å²) >= 11 is 0. The molecule has 5 nitrogen and oxygen atoms in total. The van der Waals surface area contributed by atoms with Gasteiger partial charge < -0.3 is 15.0 Å². The number of imidazole rings is 1. The predicted molar refractivity (Wildman–Crippen MR) is 62.8 cm³/mol. The lowest BCUT2D eigenvalue weighted by Gasteiger charge is -2.06. The molecule has 0 saturated heterocycles. The summed E-state index contributed by atoms with van der Waals surface area (Å²) in [6, 6.07) is 7.61. The summed E-state index contributed by atoms with van der Waals surface area (Å²) in [5.74, 6) is 0.541. The molecule has 1 aromatic heterocycles. The maximum absolute atomic E-state index is 11.1. The van der Waals surface area contributed by atoms with Crippen LogP contribution in [0.2, 0.25) is 0 Å². The molecule has 0 atom stereocenters. The van der Waals surface area contributed by atoms with E-state index < -0.39 is 5.91 Å². The lowest BCUT2D eigenvalue weighted by Crippen LogP contribution is -2.18. The summed E-state index contributed by atoms with van der Waals surface area (Å²) in [6.45, 7) is 0.558. The summed E-state index contributed by atoms with van der Waals surface area (Å²) in [6.07, 6.45) is 3.29. The largest absolute Gasteiger partial charge is 0.497 e. The van der Waals surface area contributed by atoms with E-state index in [0.29, 0.717) is 6.54 Å². The highest BCUT2D eigenvalue weighted by atomic mass is 16.5. The molecule has 0 spiro atoms. The van der Waals surface area contributed by atoms with Crippen molar-refractivity contribution in [2.75, 3.05) is 7.11 Å². The quantitative estimate of drug-likeness (QED) is 0.854. The maximum Gasteiger partial charge on any atom is 0.284 e. The summed E-state index contributed by atoms with van der Waals surface area (Å²) in [5, 5.41) is 0. The van der Waals surface area contributed by atoms with E-state index in [0.717, 1.165) is 11.3 Å². The molecule has 0 unspecified atom stereocenters.